The molecule has 1 aromatic carbocycles. The number of rotatable bonds is 8. The van der Waals surface area contributed by atoms with E-state index in [1.807, 2.05) is 12.1 Å². The Morgan fingerprint density at radius 1 is 1.04 bits per heavy atom. The fraction of sp³-hybridized carbons (Fsp3) is 0.250. The van der Waals surface area contributed by atoms with Crippen molar-refractivity contribution in [3.63, 3.8) is 0 Å². The van der Waals surface area contributed by atoms with Crippen LogP contribution < -0.4 is 10.0 Å². The van der Waals surface area contributed by atoms with Gasteiger partial charge in [-0.25, -0.2) is 13.1 Å². The van der Waals surface area contributed by atoms with Crippen LogP contribution in [0.25, 0.3) is 0 Å². The predicted molar refractivity (Wildman–Crippen MR) is 92.2 cm³/mol. The maximum Gasteiger partial charge on any atom is 0.240 e. The Morgan fingerprint density at radius 3 is 2.38 bits per heavy atom. The van der Waals surface area contributed by atoms with Crippen LogP contribution in [0, 0.1) is 0 Å². The zero-order valence-corrected chi connectivity index (χ0v) is 14.5. The molecule has 0 saturated carbocycles. The van der Waals surface area contributed by atoms with Gasteiger partial charge in [-0.05, 0) is 48.4 Å². The summed E-state index contributed by atoms with van der Waals surface area (Å²) in [6.07, 6.45) is 4.32. The van der Waals surface area contributed by atoms with E-state index in [1.165, 1.54) is 24.3 Å². The van der Waals surface area contributed by atoms with Gasteiger partial charge >= 0.3 is 0 Å². The summed E-state index contributed by atoms with van der Waals surface area (Å²) in [6.45, 7) is 0.341. The molecule has 0 unspecified atom stereocenters. The van der Waals surface area contributed by atoms with Gasteiger partial charge in [-0.2, -0.15) is 0 Å². The highest BCUT2D eigenvalue weighted by Gasteiger charge is 2.13. The SMILES string of the molecule is O=C(CCc1ccncc1)NCCNS(=O)(=O)c1ccc(Cl)cc1. The van der Waals surface area contributed by atoms with Crippen molar-refractivity contribution < 1.29 is 13.2 Å². The number of carbonyl (C=O) groups excluding carboxylic acids is 1. The average molecular weight is 368 g/mol. The normalized spacial score (nSPS) is 11.2. The largest absolute Gasteiger partial charge is 0.355 e. The quantitative estimate of drug-likeness (QED) is 0.696. The van der Waals surface area contributed by atoms with Crippen LogP contribution in [0.4, 0.5) is 0 Å². The van der Waals surface area contributed by atoms with Crippen molar-refractivity contribution in [2.24, 2.45) is 0 Å². The van der Waals surface area contributed by atoms with E-state index in [-0.39, 0.29) is 23.9 Å². The molecule has 0 spiro atoms. The molecule has 1 heterocycles. The zero-order chi connectivity index (χ0) is 17.4. The van der Waals surface area contributed by atoms with Crippen LogP contribution in [-0.2, 0) is 21.2 Å². The predicted octanol–water partition coefficient (Wildman–Crippen LogP) is 1.76. The van der Waals surface area contributed by atoms with Crippen molar-refractivity contribution in [3.05, 3.63) is 59.4 Å². The van der Waals surface area contributed by atoms with Crippen molar-refractivity contribution >= 4 is 27.5 Å². The lowest BCUT2D eigenvalue weighted by molar-refractivity contribution is -0.121. The Labute approximate surface area is 146 Å². The minimum absolute atomic E-state index is 0.117. The molecule has 1 amide bonds. The molecular formula is C16H18ClN3O3S. The lowest BCUT2D eigenvalue weighted by Gasteiger charge is -2.08. The molecule has 0 radical (unpaired) electrons. The monoisotopic (exact) mass is 367 g/mol. The fourth-order valence-electron chi connectivity index (χ4n) is 1.98. The molecule has 128 valence electrons. The summed E-state index contributed by atoms with van der Waals surface area (Å²) in [6, 6.07) is 9.59. The van der Waals surface area contributed by atoms with Gasteiger partial charge < -0.3 is 5.32 Å². The molecule has 0 aliphatic heterocycles. The van der Waals surface area contributed by atoms with Crippen molar-refractivity contribution in [3.8, 4) is 0 Å². The highest BCUT2D eigenvalue weighted by Crippen LogP contribution is 2.13. The maximum absolute atomic E-state index is 12.0. The van der Waals surface area contributed by atoms with Gasteiger partial charge in [0.2, 0.25) is 15.9 Å². The number of benzene rings is 1. The molecule has 0 fully saturated rings. The van der Waals surface area contributed by atoms with Gasteiger partial charge in [0.15, 0.2) is 0 Å². The molecule has 8 heteroatoms. The molecule has 6 nitrogen and oxygen atoms in total. The van der Waals surface area contributed by atoms with E-state index < -0.39 is 10.0 Å². The van der Waals surface area contributed by atoms with Gasteiger partial charge in [0.25, 0.3) is 0 Å². The molecule has 0 saturated heterocycles. The van der Waals surface area contributed by atoms with E-state index in [0.29, 0.717) is 17.9 Å². The Hall–Kier alpha value is -1.96. The van der Waals surface area contributed by atoms with Gasteiger partial charge in [0.05, 0.1) is 4.90 Å². The van der Waals surface area contributed by atoms with Crippen LogP contribution in [0.2, 0.25) is 5.02 Å². The second kappa shape index (κ2) is 8.77. The topological polar surface area (TPSA) is 88.2 Å². The third-order valence-electron chi connectivity index (χ3n) is 3.25. The lowest BCUT2D eigenvalue weighted by Crippen LogP contribution is -2.34. The molecule has 0 aliphatic carbocycles. The molecule has 24 heavy (non-hydrogen) atoms. The van der Waals surface area contributed by atoms with Crippen molar-refractivity contribution in [1.82, 2.24) is 15.0 Å². The summed E-state index contributed by atoms with van der Waals surface area (Å²) in [5.41, 5.74) is 1.03. The number of aryl methyl sites for hydroxylation is 1. The van der Waals surface area contributed by atoms with E-state index in [1.54, 1.807) is 12.4 Å². The minimum atomic E-state index is -3.60. The molecule has 1 aromatic heterocycles. The van der Waals surface area contributed by atoms with Crippen LogP contribution in [0.1, 0.15) is 12.0 Å². The molecular weight excluding hydrogens is 350 g/mol. The van der Waals surface area contributed by atoms with E-state index in [0.717, 1.165) is 5.56 Å². The fourth-order valence-corrected chi connectivity index (χ4v) is 3.14. The number of hydrogen-bond donors (Lipinski definition) is 2. The van der Waals surface area contributed by atoms with Gasteiger partial charge in [-0.3, -0.25) is 9.78 Å². The van der Waals surface area contributed by atoms with Crippen molar-refractivity contribution in [2.75, 3.05) is 13.1 Å². The number of pyridine rings is 1. The summed E-state index contributed by atoms with van der Waals surface area (Å²) in [4.78, 5) is 15.8. The molecule has 0 aliphatic rings. The number of amides is 1. The Morgan fingerprint density at radius 2 is 1.71 bits per heavy atom. The highest BCUT2D eigenvalue weighted by molar-refractivity contribution is 7.89. The van der Waals surface area contributed by atoms with Crippen molar-refractivity contribution in [2.45, 2.75) is 17.7 Å². The first-order valence-corrected chi connectivity index (χ1v) is 9.24. The van der Waals surface area contributed by atoms with Gasteiger partial charge in [-0.15, -0.1) is 0 Å². The summed E-state index contributed by atoms with van der Waals surface area (Å²) < 4.78 is 26.5. The number of sulfonamides is 1. The summed E-state index contributed by atoms with van der Waals surface area (Å²) in [5, 5.41) is 3.15. The number of carbonyl (C=O) groups is 1. The Bertz CT molecular complexity index is 765. The summed E-state index contributed by atoms with van der Waals surface area (Å²) >= 11 is 5.73. The molecule has 0 atom stereocenters. The van der Waals surface area contributed by atoms with Crippen LogP contribution in [0.5, 0.6) is 0 Å². The number of hydrogen-bond acceptors (Lipinski definition) is 4. The van der Waals surface area contributed by atoms with E-state index in [4.69, 9.17) is 11.6 Å². The first-order valence-electron chi connectivity index (χ1n) is 7.38. The summed E-state index contributed by atoms with van der Waals surface area (Å²) in [7, 11) is -3.60. The summed E-state index contributed by atoms with van der Waals surface area (Å²) in [5.74, 6) is -0.127. The van der Waals surface area contributed by atoms with Crippen LogP contribution >= 0.6 is 11.6 Å². The van der Waals surface area contributed by atoms with Crippen LogP contribution in [0.3, 0.4) is 0 Å². The van der Waals surface area contributed by atoms with Gasteiger partial charge in [0, 0.05) is 36.9 Å². The minimum Gasteiger partial charge on any atom is -0.355 e. The first kappa shape index (κ1) is 18.4. The third kappa shape index (κ3) is 5.92. The molecule has 0 bridgehead atoms. The smallest absolute Gasteiger partial charge is 0.240 e. The second-order valence-corrected chi connectivity index (χ2v) is 7.26. The third-order valence-corrected chi connectivity index (χ3v) is 4.98. The Kier molecular flexibility index (Phi) is 6.72. The van der Waals surface area contributed by atoms with E-state index in [9.17, 15) is 13.2 Å². The van der Waals surface area contributed by atoms with Crippen LogP contribution in [-0.4, -0.2) is 32.4 Å². The highest BCUT2D eigenvalue weighted by atomic mass is 35.5. The Balaban J connectivity index is 1.70. The van der Waals surface area contributed by atoms with E-state index >= 15 is 0 Å². The van der Waals surface area contributed by atoms with Gasteiger partial charge in [-0.1, -0.05) is 11.6 Å². The van der Waals surface area contributed by atoms with Gasteiger partial charge in [0.1, 0.15) is 0 Å². The number of halogens is 1. The average Bonchev–Trinajstić information content (AvgIpc) is 2.58. The van der Waals surface area contributed by atoms with Crippen LogP contribution in [0.15, 0.2) is 53.7 Å². The van der Waals surface area contributed by atoms with Crippen molar-refractivity contribution in [1.29, 1.82) is 0 Å². The zero-order valence-electron chi connectivity index (χ0n) is 12.9. The van der Waals surface area contributed by atoms with E-state index in [2.05, 4.69) is 15.0 Å². The molecule has 2 rings (SSSR count). The number of aromatic nitrogens is 1. The molecule has 2 N–H and O–H groups in total. The maximum atomic E-state index is 12.0. The second-order valence-electron chi connectivity index (χ2n) is 5.06. The number of nitrogens with one attached hydrogen (secondary N) is 2. The standard InChI is InChI=1S/C16H18ClN3O3S/c17-14-2-4-15(5-3-14)24(22,23)20-12-11-19-16(21)6-1-13-7-9-18-10-8-13/h2-5,7-10,20H,1,6,11-12H2,(H,19,21). The first-order chi connectivity index (χ1) is 11.5. The number of nitrogens with zero attached hydrogens (tertiary/aromatic N) is 1. The molecule has 2 aromatic rings. The lowest BCUT2D eigenvalue weighted by atomic mass is 10.1.